The Bertz CT molecular complexity index is 1160. The molecule has 1 aromatic carbocycles. The number of allylic oxidation sites excluding steroid dienone is 5. The molecule has 0 aliphatic rings. The van der Waals surface area contributed by atoms with Crippen molar-refractivity contribution >= 4 is 11.3 Å². The van der Waals surface area contributed by atoms with E-state index < -0.39 is 0 Å². The third-order valence-corrected chi connectivity index (χ3v) is 4.86. The van der Waals surface area contributed by atoms with Crippen molar-refractivity contribution < 1.29 is 9.63 Å². The van der Waals surface area contributed by atoms with Crippen LogP contribution in [0.4, 0.5) is 0 Å². The number of aliphatic hydroxyl groups is 1. The Labute approximate surface area is 194 Å². The summed E-state index contributed by atoms with van der Waals surface area (Å²) in [6.45, 7) is 15.2. The summed E-state index contributed by atoms with van der Waals surface area (Å²) in [6.07, 6.45) is 6.24. The first kappa shape index (κ1) is 23.9. The molecule has 0 amide bonds. The topological polar surface area (TPSA) is 102 Å². The van der Waals surface area contributed by atoms with Gasteiger partial charge in [-0.2, -0.15) is 4.98 Å². The molecular weight excluding hydrogens is 416 g/mol. The van der Waals surface area contributed by atoms with E-state index in [1.807, 2.05) is 57.2 Å². The van der Waals surface area contributed by atoms with Gasteiger partial charge in [0.15, 0.2) is 0 Å². The van der Waals surface area contributed by atoms with Crippen LogP contribution in [0.25, 0.3) is 23.0 Å². The summed E-state index contributed by atoms with van der Waals surface area (Å²) in [5.41, 5.74) is 4.83. The fourth-order valence-corrected chi connectivity index (χ4v) is 2.99. The maximum atomic E-state index is 8.90. The number of hydrogen-bond donors (Lipinski definition) is 2. The van der Waals surface area contributed by atoms with Gasteiger partial charge in [-0.05, 0) is 38.3 Å². The first-order valence-electron chi connectivity index (χ1n) is 10.8. The van der Waals surface area contributed by atoms with Gasteiger partial charge in [-0.25, -0.2) is 9.67 Å². The van der Waals surface area contributed by atoms with Crippen molar-refractivity contribution in [1.82, 2.24) is 30.2 Å². The minimum atomic E-state index is 0.158. The lowest BCUT2D eigenvalue weighted by Crippen LogP contribution is -2.14. The Morgan fingerprint density at radius 3 is 2.61 bits per heavy atom. The molecule has 0 aliphatic heterocycles. The molecule has 0 aliphatic carbocycles. The van der Waals surface area contributed by atoms with E-state index in [9.17, 15) is 0 Å². The fraction of sp³-hybridized carbons (Fsp3) is 0.280. The first-order valence-corrected chi connectivity index (χ1v) is 10.8. The highest BCUT2D eigenvalue weighted by molar-refractivity contribution is 5.70. The largest absolute Gasteiger partial charge is 0.396 e. The number of rotatable bonds is 11. The highest BCUT2D eigenvalue weighted by Crippen LogP contribution is 2.19. The van der Waals surface area contributed by atoms with Crippen LogP contribution >= 0.6 is 0 Å². The minimum Gasteiger partial charge on any atom is -0.396 e. The molecule has 0 fully saturated rings. The third-order valence-electron chi connectivity index (χ3n) is 4.86. The molecule has 8 heteroatoms. The lowest BCUT2D eigenvalue weighted by Gasteiger charge is -2.10. The van der Waals surface area contributed by atoms with E-state index in [1.165, 1.54) is 0 Å². The molecule has 0 atom stereocenters. The monoisotopic (exact) mass is 446 g/mol. The molecule has 3 rings (SSSR count). The molecule has 0 saturated carbocycles. The molecule has 0 radical (unpaired) electrons. The standard InChI is InChI=1S/C25H30N6O2/c1-6-21(11-8-17(2)3)23-28-25(33-30-23)24-27-19(5)31(29-24)16-20-9-12-22(13-10-20)18(4)26-14-7-15-32/h6,8-13,26,32H,1,4,7,14-16H2,2-3,5H3/b21-11+. The second-order valence-corrected chi connectivity index (χ2v) is 7.81. The molecule has 2 heterocycles. The molecule has 0 spiro atoms. The number of benzene rings is 1. The van der Waals surface area contributed by atoms with Gasteiger partial charge >= 0.3 is 0 Å². The van der Waals surface area contributed by atoms with Crippen LogP contribution in [-0.2, 0) is 6.54 Å². The lowest BCUT2D eigenvalue weighted by atomic mass is 10.1. The van der Waals surface area contributed by atoms with E-state index in [0.29, 0.717) is 31.2 Å². The van der Waals surface area contributed by atoms with E-state index in [2.05, 4.69) is 38.7 Å². The molecule has 2 N–H and O–H groups in total. The van der Waals surface area contributed by atoms with Crippen molar-refractivity contribution in [1.29, 1.82) is 0 Å². The van der Waals surface area contributed by atoms with Crippen LogP contribution in [-0.4, -0.2) is 43.2 Å². The van der Waals surface area contributed by atoms with E-state index >= 15 is 0 Å². The fourth-order valence-electron chi connectivity index (χ4n) is 2.99. The van der Waals surface area contributed by atoms with Crippen LogP contribution in [0.2, 0.25) is 0 Å². The Balaban J connectivity index is 1.72. The van der Waals surface area contributed by atoms with Gasteiger partial charge in [0.25, 0.3) is 5.89 Å². The zero-order valence-corrected chi connectivity index (χ0v) is 19.4. The summed E-state index contributed by atoms with van der Waals surface area (Å²) in [5, 5.41) is 20.7. The van der Waals surface area contributed by atoms with Crippen LogP contribution < -0.4 is 5.32 Å². The van der Waals surface area contributed by atoms with E-state index in [4.69, 9.17) is 9.63 Å². The summed E-state index contributed by atoms with van der Waals surface area (Å²) in [5.74, 6) is 1.83. The quantitative estimate of drug-likeness (QED) is 0.337. The number of nitrogens with zero attached hydrogens (tertiary/aromatic N) is 5. The van der Waals surface area contributed by atoms with Gasteiger partial charge in [0.05, 0.1) is 6.54 Å². The molecular formula is C25H30N6O2. The third kappa shape index (κ3) is 6.36. The van der Waals surface area contributed by atoms with Crippen LogP contribution in [0.3, 0.4) is 0 Å². The summed E-state index contributed by atoms with van der Waals surface area (Å²) < 4.78 is 7.20. The highest BCUT2D eigenvalue weighted by Gasteiger charge is 2.17. The summed E-state index contributed by atoms with van der Waals surface area (Å²) >= 11 is 0. The second-order valence-electron chi connectivity index (χ2n) is 7.81. The Kier molecular flexibility index (Phi) is 8.10. The molecule has 0 bridgehead atoms. The van der Waals surface area contributed by atoms with Crippen LogP contribution in [0.5, 0.6) is 0 Å². The Morgan fingerprint density at radius 1 is 1.18 bits per heavy atom. The maximum Gasteiger partial charge on any atom is 0.297 e. The van der Waals surface area contributed by atoms with Gasteiger partial charge in [0.1, 0.15) is 5.82 Å². The highest BCUT2D eigenvalue weighted by atomic mass is 16.5. The summed E-state index contributed by atoms with van der Waals surface area (Å²) in [7, 11) is 0. The number of nitrogens with one attached hydrogen (secondary N) is 1. The Morgan fingerprint density at radius 2 is 1.94 bits per heavy atom. The minimum absolute atomic E-state index is 0.158. The number of aryl methyl sites for hydroxylation is 1. The van der Waals surface area contributed by atoms with Crippen molar-refractivity contribution in [3.8, 4) is 11.7 Å². The van der Waals surface area contributed by atoms with Gasteiger partial charge in [0.2, 0.25) is 11.6 Å². The summed E-state index contributed by atoms with van der Waals surface area (Å²) in [4.78, 5) is 8.93. The van der Waals surface area contributed by atoms with Crippen LogP contribution in [0.15, 0.2) is 65.7 Å². The number of aromatic nitrogens is 5. The zero-order valence-electron chi connectivity index (χ0n) is 19.4. The van der Waals surface area contributed by atoms with Gasteiger partial charge in [-0.1, -0.05) is 66.4 Å². The predicted molar refractivity (Wildman–Crippen MR) is 130 cm³/mol. The van der Waals surface area contributed by atoms with Crippen molar-refractivity contribution in [2.24, 2.45) is 0 Å². The summed E-state index contributed by atoms with van der Waals surface area (Å²) in [6, 6.07) is 8.09. The van der Waals surface area contributed by atoms with Crippen molar-refractivity contribution in [3.63, 3.8) is 0 Å². The normalized spacial score (nSPS) is 11.3. The molecule has 0 saturated heterocycles. The number of aliphatic hydroxyl groups excluding tert-OH is 1. The molecule has 8 nitrogen and oxygen atoms in total. The van der Waals surface area contributed by atoms with Crippen LogP contribution in [0, 0.1) is 6.92 Å². The zero-order chi connectivity index (χ0) is 23.8. The van der Waals surface area contributed by atoms with Gasteiger partial charge < -0.3 is 14.9 Å². The molecule has 0 unspecified atom stereocenters. The molecule has 172 valence electrons. The first-order chi connectivity index (χ1) is 15.9. The van der Waals surface area contributed by atoms with Gasteiger partial charge in [0, 0.05) is 24.4 Å². The molecule has 2 aromatic heterocycles. The number of hydrogen-bond acceptors (Lipinski definition) is 7. The van der Waals surface area contributed by atoms with Crippen LogP contribution in [0.1, 0.15) is 43.0 Å². The lowest BCUT2D eigenvalue weighted by molar-refractivity contribution is 0.289. The van der Waals surface area contributed by atoms with Crippen molar-refractivity contribution in [2.75, 3.05) is 13.2 Å². The smallest absolute Gasteiger partial charge is 0.297 e. The predicted octanol–water partition coefficient (Wildman–Crippen LogP) is 4.16. The van der Waals surface area contributed by atoms with Crippen molar-refractivity contribution in [3.05, 3.63) is 84.0 Å². The average Bonchev–Trinajstić information content (AvgIpc) is 3.42. The second kappa shape index (κ2) is 11.2. The van der Waals surface area contributed by atoms with Gasteiger partial charge in [-0.3, -0.25) is 0 Å². The maximum absolute atomic E-state index is 8.90. The molecule has 33 heavy (non-hydrogen) atoms. The van der Waals surface area contributed by atoms with E-state index in [0.717, 1.165) is 33.8 Å². The van der Waals surface area contributed by atoms with E-state index in [-0.39, 0.29) is 12.5 Å². The SMILES string of the molecule is C=C/C(=C\C=C(C)C)c1noc(-c2nc(C)n(Cc3ccc(C(=C)NCCCO)cc3)n2)n1. The van der Waals surface area contributed by atoms with Crippen molar-refractivity contribution in [2.45, 2.75) is 33.7 Å². The van der Waals surface area contributed by atoms with Gasteiger partial charge in [-0.15, -0.1) is 5.10 Å². The Hall–Kier alpha value is -3.78. The average molecular weight is 447 g/mol. The molecule has 3 aromatic rings. The van der Waals surface area contributed by atoms with E-state index in [1.54, 1.807) is 10.8 Å².